The van der Waals surface area contributed by atoms with E-state index in [-0.39, 0.29) is 5.60 Å². The number of rotatable bonds is 7. The Morgan fingerprint density at radius 1 is 1.53 bits per heavy atom. The van der Waals surface area contributed by atoms with Crippen molar-refractivity contribution < 1.29 is 9.47 Å². The highest BCUT2D eigenvalue weighted by molar-refractivity contribution is 7.09. The van der Waals surface area contributed by atoms with Gasteiger partial charge < -0.3 is 14.8 Å². The fourth-order valence-electron chi connectivity index (χ4n) is 2.70. The zero-order valence-corrected chi connectivity index (χ0v) is 12.7. The molecule has 2 heterocycles. The van der Waals surface area contributed by atoms with Crippen LogP contribution in [-0.2, 0) is 15.9 Å². The van der Waals surface area contributed by atoms with E-state index in [1.54, 1.807) is 11.3 Å². The number of hydrogen-bond donors (Lipinski definition) is 1. The molecule has 1 aromatic heterocycles. The van der Waals surface area contributed by atoms with Crippen molar-refractivity contribution >= 4 is 11.3 Å². The fourth-order valence-corrected chi connectivity index (χ4v) is 3.37. The van der Waals surface area contributed by atoms with E-state index in [2.05, 4.69) is 17.2 Å². The van der Waals surface area contributed by atoms with Gasteiger partial charge in [0.05, 0.1) is 10.6 Å². The summed E-state index contributed by atoms with van der Waals surface area (Å²) in [6.45, 7) is 4.78. The molecule has 5 heteroatoms. The van der Waals surface area contributed by atoms with E-state index in [9.17, 15) is 0 Å². The number of thiazole rings is 1. The molecule has 0 saturated carbocycles. The molecule has 1 aliphatic rings. The van der Waals surface area contributed by atoms with E-state index < -0.39 is 0 Å². The van der Waals surface area contributed by atoms with Crippen LogP contribution in [0.25, 0.3) is 0 Å². The zero-order valence-electron chi connectivity index (χ0n) is 11.9. The second-order valence-corrected chi connectivity index (χ2v) is 6.00. The predicted octanol–water partition coefficient (Wildman–Crippen LogP) is 2.25. The normalized spacial score (nSPS) is 20.3. The topological polar surface area (TPSA) is 43.4 Å². The molecule has 1 fully saturated rings. The van der Waals surface area contributed by atoms with Gasteiger partial charge in [-0.25, -0.2) is 4.98 Å². The second-order valence-electron chi connectivity index (χ2n) is 5.02. The first-order chi connectivity index (χ1) is 9.30. The van der Waals surface area contributed by atoms with Gasteiger partial charge >= 0.3 is 0 Å². The lowest BCUT2D eigenvalue weighted by Gasteiger charge is -2.42. The van der Waals surface area contributed by atoms with Gasteiger partial charge in [0.25, 0.3) is 0 Å². The molecule has 108 valence electrons. The molecule has 1 atom stereocenters. The Morgan fingerprint density at radius 3 is 2.89 bits per heavy atom. The van der Waals surface area contributed by atoms with Crippen molar-refractivity contribution in [1.82, 2.24) is 10.3 Å². The summed E-state index contributed by atoms with van der Waals surface area (Å²) in [6, 6.07) is 0.312. The van der Waals surface area contributed by atoms with E-state index in [1.807, 2.05) is 18.7 Å². The van der Waals surface area contributed by atoms with Crippen LogP contribution in [-0.4, -0.2) is 43.5 Å². The van der Waals surface area contributed by atoms with Gasteiger partial charge in [-0.05, 0) is 13.0 Å². The van der Waals surface area contributed by atoms with E-state index in [0.717, 1.165) is 45.4 Å². The number of hydrogen-bond acceptors (Lipinski definition) is 5. The maximum Gasteiger partial charge on any atom is 0.0941 e. The van der Waals surface area contributed by atoms with Crippen molar-refractivity contribution in [3.63, 3.8) is 0 Å². The Labute approximate surface area is 119 Å². The first-order valence-electron chi connectivity index (χ1n) is 7.05. The highest BCUT2D eigenvalue weighted by atomic mass is 32.1. The van der Waals surface area contributed by atoms with Gasteiger partial charge in [0.15, 0.2) is 0 Å². The summed E-state index contributed by atoms with van der Waals surface area (Å²) in [4.78, 5) is 4.42. The van der Waals surface area contributed by atoms with Crippen molar-refractivity contribution in [3.05, 3.63) is 16.6 Å². The van der Waals surface area contributed by atoms with Gasteiger partial charge in [0.1, 0.15) is 0 Å². The fraction of sp³-hybridized carbons (Fsp3) is 0.786. The van der Waals surface area contributed by atoms with Gasteiger partial charge in [-0.15, -0.1) is 11.3 Å². The molecule has 4 nitrogen and oxygen atoms in total. The van der Waals surface area contributed by atoms with Gasteiger partial charge in [-0.1, -0.05) is 6.92 Å². The molecule has 0 aromatic carbocycles. The Hall–Kier alpha value is -0.490. The number of aromatic nitrogens is 1. The summed E-state index contributed by atoms with van der Waals surface area (Å²) >= 11 is 1.72. The smallest absolute Gasteiger partial charge is 0.0941 e. The van der Waals surface area contributed by atoms with Gasteiger partial charge in [0, 0.05) is 57.2 Å². The van der Waals surface area contributed by atoms with Crippen LogP contribution in [0.5, 0.6) is 0 Å². The number of nitrogens with zero attached hydrogens (tertiary/aromatic N) is 1. The van der Waals surface area contributed by atoms with Gasteiger partial charge in [-0.2, -0.15) is 0 Å². The summed E-state index contributed by atoms with van der Waals surface area (Å²) in [7, 11) is 1.83. The minimum absolute atomic E-state index is 0.112. The van der Waals surface area contributed by atoms with Gasteiger partial charge in [0.2, 0.25) is 0 Å². The number of nitrogens with one attached hydrogen (secondary N) is 1. The summed E-state index contributed by atoms with van der Waals surface area (Å²) in [5.41, 5.74) is -0.112. The lowest BCUT2D eigenvalue weighted by molar-refractivity contribution is -0.110. The molecule has 1 unspecified atom stereocenters. The summed E-state index contributed by atoms with van der Waals surface area (Å²) in [5.74, 6) is 0. The number of ether oxygens (including phenoxy) is 2. The molecule has 0 bridgehead atoms. The largest absolute Gasteiger partial charge is 0.381 e. The van der Waals surface area contributed by atoms with Crippen LogP contribution in [0.1, 0.15) is 31.2 Å². The van der Waals surface area contributed by atoms with E-state index in [1.165, 1.54) is 5.01 Å². The SMILES string of the molecule is CCCNC(Cc1nccs1)C1(OC)CCOCC1. The highest BCUT2D eigenvalue weighted by Gasteiger charge is 2.40. The molecular weight excluding hydrogens is 260 g/mol. The zero-order chi connectivity index (χ0) is 13.6. The van der Waals surface area contributed by atoms with Crippen LogP contribution in [0.2, 0.25) is 0 Å². The molecular formula is C14H24N2O2S. The summed E-state index contributed by atoms with van der Waals surface area (Å²) < 4.78 is 11.4. The van der Waals surface area contributed by atoms with Crippen molar-refractivity contribution in [3.8, 4) is 0 Å². The molecule has 19 heavy (non-hydrogen) atoms. The molecule has 0 amide bonds. The average Bonchev–Trinajstić information content (AvgIpc) is 2.97. The predicted molar refractivity (Wildman–Crippen MR) is 77.7 cm³/mol. The molecule has 2 rings (SSSR count). The maximum atomic E-state index is 5.92. The Bertz CT molecular complexity index is 350. The lowest BCUT2D eigenvalue weighted by atomic mass is 9.84. The Kier molecular flexibility index (Phi) is 5.76. The average molecular weight is 284 g/mol. The molecule has 1 aromatic rings. The molecule has 0 aliphatic carbocycles. The van der Waals surface area contributed by atoms with Crippen molar-refractivity contribution in [2.75, 3.05) is 26.9 Å². The van der Waals surface area contributed by atoms with E-state index >= 15 is 0 Å². The Morgan fingerprint density at radius 2 is 2.32 bits per heavy atom. The van der Waals surface area contributed by atoms with E-state index in [4.69, 9.17) is 9.47 Å². The van der Waals surface area contributed by atoms with Crippen LogP contribution in [0.3, 0.4) is 0 Å². The third-order valence-electron chi connectivity index (χ3n) is 3.88. The van der Waals surface area contributed by atoms with Crippen LogP contribution in [0.4, 0.5) is 0 Å². The van der Waals surface area contributed by atoms with Gasteiger partial charge in [-0.3, -0.25) is 0 Å². The molecule has 0 radical (unpaired) electrons. The lowest BCUT2D eigenvalue weighted by Crippen LogP contribution is -2.56. The summed E-state index contributed by atoms with van der Waals surface area (Å²) in [6.07, 6.45) is 5.85. The van der Waals surface area contributed by atoms with Crippen molar-refractivity contribution in [1.29, 1.82) is 0 Å². The Balaban J connectivity index is 2.09. The third-order valence-corrected chi connectivity index (χ3v) is 4.69. The molecule has 1 saturated heterocycles. The van der Waals surface area contributed by atoms with Crippen molar-refractivity contribution in [2.45, 2.75) is 44.2 Å². The van der Waals surface area contributed by atoms with Crippen LogP contribution in [0.15, 0.2) is 11.6 Å². The minimum atomic E-state index is -0.112. The molecule has 1 aliphatic heterocycles. The second kappa shape index (κ2) is 7.33. The van der Waals surface area contributed by atoms with Crippen LogP contribution >= 0.6 is 11.3 Å². The quantitative estimate of drug-likeness (QED) is 0.834. The minimum Gasteiger partial charge on any atom is -0.381 e. The maximum absolute atomic E-state index is 5.92. The van der Waals surface area contributed by atoms with E-state index in [0.29, 0.717) is 6.04 Å². The standard InChI is InChI=1S/C14H24N2O2S/c1-3-6-15-12(11-13-16-7-10-19-13)14(17-2)4-8-18-9-5-14/h7,10,12,15H,3-6,8-9,11H2,1-2H3. The van der Waals surface area contributed by atoms with Crippen LogP contribution in [0, 0.1) is 0 Å². The first kappa shape index (κ1) is 14.9. The summed E-state index contributed by atoms with van der Waals surface area (Å²) in [5, 5.41) is 6.87. The first-order valence-corrected chi connectivity index (χ1v) is 7.93. The monoisotopic (exact) mass is 284 g/mol. The third kappa shape index (κ3) is 3.75. The van der Waals surface area contributed by atoms with Crippen molar-refractivity contribution in [2.24, 2.45) is 0 Å². The van der Waals surface area contributed by atoms with Crippen LogP contribution < -0.4 is 5.32 Å². The number of methoxy groups -OCH3 is 1. The highest BCUT2D eigenvalue weighted by Crippen LogP contribution is 2.30. The molecule has 1 N–H and O–H groups in total. The molecule has 0 spiro atoms.